The van der Waals surface area contributed by atoms with Crippen LogP contribution >= 0.6 is 11.6 Å². The first-order valence-corrected chi connectivity index (χ1v) is 11.8. The van der Waals surface area contributed by atoms with Crippen molar-refractivity contribution in [2.24, 2.45) is 0 Å². The standard InChI is InChI=1S/C23H23ClN2O6S/c1-30-14-13-25-33(28,29)20-11-12-22(21(24)15-20)31-16-23(27)26-17-7-9-19(10-8-17)32-18-5-3-2-4-6-18/h2-12,15,25H,13-14,16H2,1H3,(H,26,27). The molecule has 3 aromatic rings. The second-order valence-electron chi connectivity index (χ2n) is 6.76. The number of methoxy groups -OCH3 is 1. The molecule has 0 unspecified atom stereocenters. The molecule has 0 saturated carbocycles. The van der Waals surface area contributed by atoms with E-state index in [0.29, 0.717) is 17.2 Å². The molecule has 10 heteroatoms. The Morgan fingerprint density at radius 2 is 1.67 bits per heavy atom. The number of anilines is 1. The predicted octanol–water partition coefficient (Wildman–Crippen LogP) is 4.07. The molecule has 0 heterocycles. The number of amides is 1. The van der Waals surface area contributed by atoms with Crippen LogP contribution in [0.25, 0.3) is 0 Å². The van der Waals surface area contributed by atoms with E-state index in [1.165, 1.54) is 25.3 Å². The monoisotopic (exact) mass is 490 g/mol. The minimum Gasteiger partial charge on any atom is -0.482 e. The number of ether oxygens (including phenoxy) is 3. The van der Waals surface area contributed by atoms with Gasteiger partial charge in [0.05, 0.1) is 16.5 Å². The molecule has 0 aromatic heterocycles. The molecule has 0 radical (unpaired) electrons. The van der Waals surface area contributed by atoms with Gasteiger partial charge in [-0.15, -0.1) is 0 Å². The van der Waals surface area contributed by atoms with Crippen molar-refractivity contribution in [2.75, 3.05) is 32.2 Å². The van der Waals surface area contributed by atoms with Gasteiger partial charge in [0, 0.05) is 19.3 Å². The van der Waals surface area contributed by atoms with Gasteiger partial charge in [-0.3, -0.25) is 4.79 Å². The van der Waals surface area contributed by atoms with E-state index in [4.69, 9.17) is 25.8 Å². The fourth-order valence-corrected chi connectivity index (χ4v) is 4.04. The maximum absolute atomic E-state index is 12.2. The quantitative estimate of drug-likeness (QED) is 0.393. The number of hydrogen-bond donors (Lipinski definition) is 2. The summed E-state index contributed by atoms with van der Waals surface area (Å²) in [4.78, 5) is 12.2. The van der Waals surface area contributed by atoms with E-state index >= 15 is 0 Å². The molecule has 2 N–H and O–H groups in total. The van der Waals surface area contributed by atoms with Crippen molar-refractivity contribution >= 4 is 33.2 Å². The van der Waals surface area contributed by atoms with E-state index in [2.05, 4.69) is 10.0 Å². The summed E-state index contributed by atoms with van der Waals surface area (Å²) in [6.07, 6.45) is 0. The fourth-order valence-electron chi connectivity index (χ4n) is 2.70. The number of halogens is 1. The number of carbonyl (C=O) groups is 1. The third-order valence-electron chi connectivity index (χ3n) is 4.29. The van der Waals surface area contributed by atoms with Gasteiger partial charge in [0.1, 0.15) is 17.2 Å². The van der Waals surface area contributed by atoms with Crippen molar-refractivity contribution in [1.82, 2.24) is 4.72 Å². The van der Waals surface area contributed by atoms with Crippen LogP contribution in [0.15, 0.2) is 77.7 Å². The molecule has 8 nitrogen and oxygen atoms in total. The Hall–Kier alpha value is -3.11. The van der Waals surface area contributed by atoms with Gasteiger partial charge >= 0.3 is 0 Å². The Balaban J connectivity index is 1.52. The van der Waals surface area contributed by atoms with Gasteiger partial charge in [-0.05, 0) is 54.6 Å². The molecule has 174 valence electrons. The third-order valence-corrected chi connectivity index (χ3v) is 6.04. The molecule has 3 aromatic carbocycles. The molecule has 0 aliphatic rings. The Morgan fingerprint density at radius 3 is 2.33 bits per heavy atom. The van der Waals surface area contributed by atoms with Gasteiger partial charge in [-0.2, -0.15) is 0 Å². The molecular weight excluding hydrogens is 468 g/mol. The van der Waals surface area contributed by atoms with E-state index in [1.54, 1.807) is 24.3 Å². The second kappa shape index (κ2) is 11.7. The predicted molar refractivity (Wildman–Crippen MR) is 126 cm³/mol. The van der Waals surface area contributed by atoms with Gasteiger partial charge in [0.2, 0.25) is 10.0 Å². The van der Waals surface area contributed by atoms with Crippen molar-refractivity contribution in [1.29, 1.82) is 0 Å². The average molecular weight is 491 g/mol. The molecule has 0 fully saturated rings. The molecule has 0 aliphatic heterocycles. The largest absolute Gasteiger partial charge is 0.482 e. The normalized spacial score (nSPS) is 11.1. The van der Waals surface area contributed by atoms with Gasteiger partial charge in [-0.1, -0.05) is 29.8 Å². The summed E-state index contributed by atoms with van der Waals surface area (Å²) in [5.41, 5.74) is 0.568. The van der Waals surface area contributed by atoms with E-state index in [0.717, 1.165) is 0 Å². The van der Waals surface area contributed by atoms with Crippen molar-refractivity contribution < 1.29 is 27.4 Å². The van der Waals surface area contributed by atoms with Crippen LogP contribution in [-0.2, 0) is 19.6 Å². The van der Waals surface area contributed by atoms with Crippen LogP contribution in [0.3, 0.4) is 0 Å². The summed E-state index contributed by atoms with van der Waals surface area (Å²) >= 11 is 6.14. The molecule has 0 atom stereocenters. The van der Waals surface area contributed by atoms with Crippen LogP contribution in [0.4, 0.5) is 5.69 Å². The lowest BCUT2D eigenvalue weighted by Crippen LogP contribution is -2.27. The molecular formula is C23H23ClN2O6S. The van der Waals surface area contributed by atoms with E-state index in [1.807, 2.05) is 30.3 Å². The zero-order valence-electron chi connectivity index (χ0n) is 17.8. The summed E-state index contributed by atoms with van der Waals surface area (Å²) in [6.45, 7) is 0.0699. The molecule has 3 rings (SSSR count). The first-order valence-electron chi connectivity index (χ1n) is 9.91. The molecule has 0 bridgehead atoms. The number of para-hydroxylation sites is 1. The number of nitrogens with one attached hydrogen (secondary N) is 2. The molecule has 0 aliphatic carbocycles. The second-order valence-corrected chi connectivity index (χ2v) is 8.93. The lowest BCUT2D eigenvalue weighted by molar-refractivity contribution is -0.118. The average Bonchev–Trinajstić information content (AvgIpc) is 2.80. The highest BCUT2D eigenvalue weighted by atomic mass is 35.5. The number of rotatable bonds is 11. The van der Waals surface area contributed by atoms with Crippen molar-refractivity contribution in [3.63, 3.8) is 0 Å². The minimum atomic E-state index is -3.73. The summed E-state index contributed by atoms with van der Waals surface area (Å²) in [7, 11) is -2.25. The van der Waals surface area contributed by atoms with E-state index in [9.17, 15) is 13.2 Å². The van der Waals surface area contributed by atoms with Crippen LogP contribution in [0.2, 0.25) is 5.02 Å². The van der Waals surface area contributed by atoms with Crippen molar-refractivity contribution in [3.05, 3.63) is 77.8 Å². The SMILES string of the molecule is COCCNS(=O)(=O)c1ccc(OCC(=O)Nc2ccc(Oc3ccccc3)cc2)c(Cl)c1. The number of carbonyl (C=O) groups excluding carboxylic acids is 1. The van der Waals surface area contributed by atoms with Crippen LogP contribution in [-0.4, -0.2) is 41.2 Å². The summed E-state index contributed by atoms with van der Waals surface area (Å²) in [6, 6.07) is 20.2. The third kappa shape index (κ3) is 7.47. The van der Waals surface area contributed by atoms with Crippen LogP contribution in [0.5, 0.6) is 17.2 Å². The van der Waals surface area contributed by atoms with Gasteiger partial charge in [0.25, 0.3) is 5.91 Å². The Labute approximate surface area is 197 Å². The van der Waals surface area contributed by atoms with Crippen LogP contribution < -0.4 is 19.5 Å². The first kappa shape index (κ1) is 24.5. The molecule has 0 saturated heterocycles. The Bertz CT molecular complexity index is 1170. The van der Waals surface area contributed by atoms with Gasteiger partial charge < -0.3 is 19.5 Å². The summed E-state index contributed by atoms with van der Waals surface area (Å²) in [5.74, 6) is 1.13. The summed E-state index contributed by atoms with van der Waals surface area (Å²) in [5, 5.41) is 2.78. The van der Waals surface area contributed by atoms with Crippen molar-refractivity contribution in [2.45, 2.75) is 4.90 Å². The number of sulfonamides is 1. The topological polar surface area (TPSA) is 103 Å². The van der Waals surface area contributed by atoms with Gasteiger partial charge in [-0.25, -0.2) is 13.1 Å². The van der Waals surface area contributed by atoms with Crippen molar-refractivity contribution in [3.8, 4) is 17.2 Å². The van der Waals surface area contributed by atoms with Crippen LogP contribution in [0, 0.1) is 0 Å². The highest BCUT2D eigenvalue weighted by molar-refractivity contribution is 7.89. The number of hydrogen-bond acceptors (Lipinski definition) is 6. The highest BCUT2D eigenvalue weighted by Crippen LogP contribution is 2.27. The highest BCUT2D eigenvalue weighted by Gasteiger charge is 2.16. The molecule has 0 spiro atoms. The first-order chi connectivity index (χ1) is 15.9. The molecule has 1 amide bonds. The summed E-state index contributed by atoms with van der Waals surface area (Å²) < 4.78 is 42.8. The van der Waals surface area contributed by atoms with E-state index < -0.39 is 15.9 Å². The fraction of sp³-hybridized carbons (Fsp3) is 0.174. The maximum Gasteiger partial charge on any atom is 0.262 e. The number of benzene rings is 3. The Morgan fingerprint density at radius 1 is 0.970 bits per heavy atom. The lowest BCUT2D eigenvalue weighted by atomic mass is 10.3. The maximum atomic E-state index is 12.2. The van der Waals surface area contributed by atoms with Crippen LogP contribution in [0.1, 0.15) is 0 Å². The smallest absolute Gasteiger partial charge is 0.262 e. The molecule has 33 heavy (non-hydrogen) atoms. The van der Waals surface area contributed by atoms with E-state index in [-0.39, 0.29) is 35.4 Å². The van der Waals surface area contributed by atoms with Gasteiger partial charge in [0.15, 0.2) is 6.61 Å². The lowest BCUT2D eigenvalue weighted by Gasteiger charge is -2.11. The zero-order chi connectivity index (χ0) is 23.7. The zero-order valence-corrected chi connectivity index (χ0v) is 19.4. The minimum absolute atomic E-state index is 0.0155. The Kier molecular flexibility index (Phi) is 8.67.